The predicted octanol–water partition coefficient (Wildman–Crippen LogP) is 0.229. The largest absolute Gasteiger partial charge is 0.465 e. The molecule has 0 spiro atoms. The number of carboxylic acid groups (broad SMARTS) is 1. The van der Waals surface area contributed by atoms with Crippen molar-refractivity contribution >= 4 is 33.7 Å². The van der Waals surface area contributed by atoms with Gasteiger partial charge in [-0.05, 0) is 0 Å². The van der Waals surface area contributed by atoms with Crippen LogP contribution in [-0.2, 0) is 9.59 Å². The molecule has 0 radical (unpaired) electrons. The molecular weight excluding hydrogens is 230 g/mol. The lowest BCUT2D eigenvalue weighted by molar-refractivity contribution is -0.136. The SMILES string of the molecule is O=C1CCN(C(=O)O)C(=O)C1Br. The number of alkyl halides is 1. The molecule has 66 valence electrons. The molecule has 6 heteroatoms. The monoisotopic (exact) mass is 235 g/mol. The van der Waals surface area contributed by atoms with Gasteiger partial charge in [0.1, 0.15) is 0 Å². The first-order chi connectivity index (χ1) is 5.54. The van der Waals surface area contributed by atoms with Gasteiger partial charge in [-0.1, -0.05) is 15.9 Å². The van der Waals surface area contributed by atoms with Crippen LogP contribution >= 0.6 is 15.9 Å². The lowest BCUT2D eigenvalue weighted by Gasteiger charge is -2.24. The molecule has 0 aromatic rings. The Bertz CT molecular complexity index is 252. The van der Waals surface area contributed by atoms with Crippen LogP contribution < -0.4 is 0 Å². The highest BCUT2D eigenvalue weighted by Crippen LogP contribution is 2.15. The number of amides is 2. The Hall–Kier alpha value is -0.910. The fourth-order valence-electron chi connectivity index (χ4n) is 0.923. The molecule has 1 fully saturated rings. The van der Waals surface area contributed by atoms with Crippen LogP contribution in [0.25, 0.3) is 0 Å². The number of nitrogens with zero attached hydrogens (tertiary/aromatic N) is 1. The molecule has 2 amide bonds. The number of rotatable bonds is 0. The lowest BCUT2D eigenvalue weighted by Crippen LogP contribution is -2.48. The summed E-state index contributed by atoms with van der Waals surface area (Å²) in [6, 6.07) is 0. The lowest BCUT2D eigenvalue weighted by atomic mass is 10.1. The van der Waals surface area contributed by atoms with Gasteiger partial charge in [0.15, 0.2) is 10.6 Å². The van der Waals surface area contributed by atoms with E-state index in [4.69, 9.17) is 5.11 Å². The Morgan fingerprint density at radius 2 is 2.17 bits per heavy atom. The van der Waals surface area contributed by atoms with Gasteiger partial charge in [0.25, 0.3) is 5.91 Å². The maximum absolute atomic E-state index is 11.1. The Labute approximate surface area is 76.5 Å². The average Bonchev–Trinajstić information content (AvgIpc) is 2.00. The van der Waals surface area contributed by atoms with Gasteiger partial charge >= 0.3 is 6.09 Å². The molecule has 1 atom stereocenters. The minimum atomic E-state index is -1.31. The second-order valence-electron chi connectivity index (χ2n) is 2.35. The van der Waals surface area contributed by atoms with Crippen molar-refractivity contribution < 1.29 is 19.5 Å². The smallest absolute Gasteiger partial charge is 0.414 e. The Morgan fingerprint density at radius 3 is 2.67 bits per heavy atom. The number of ketones is 1. The average molecular weight is 236 g/mol. The second-order valence-corrected chi connectivity index (χ2v) is 3.27. The van der Waals surface area contributed by atoms with Crippen LogP contribution in [0.15, 0.2) is 0 Å². The first-order valence-corrected chi connectivity index (χ1v) is 4.16. The molecule has 0 aromatic carbocycles. The van der Waals surface area contributed by atoms with Crippen LogP contribution in [0.5, 0.6) is 0 Å². The van der Waals surface area contributed by atoms with Crippen molar-refractivity contribution in [3.05, 3.63) is 0 Å². The van der Waals surface area contributed by atoms with Crippen molar-refractivity contribution in [1.29, 1.82) is 0 Å². The Morgan fingerprint density at radius 1 is 1.58 bits per heavy atom. The molecule has 1 saturated heterocycles. The molecule has 1 rings (SSSR count). The molecule has 5 nitrogen and oxygen atoms in total. The van der Waals surface area contributed by atoms with E-state index in [1.54, 1.807) is 0 Å². The van der Waals surface area contributed by atoms with E-state index < -0.39 is 16.8 Å². The van der Waals surface area contributed by atoms with Crippen molar-refractivity contribution in [2.45, 2.75) is 11.2 Å². The molecule has 0 aromatic heterocycles. The topological polar surface area (TPSA) is 74.7 Å². The number of hydrogen-bond acceptors (Lipinski definition) is 3. The Balaban J connectivity index is 2.78. The normalized spacial score (nSPS) is 24.4. The summed E-state index contributed by atoms with van der Waals surface area (Å²) in [6.45, 7) is -0.0326. The predicted molar refractivity (Wildman–Crippen MR) is 42.1 cm³/mol. The molecule has 0 saturated carbocycles. The summed E-state index contributed by atoms with van der Waals surface area (Å²) in [5.74, 6) is -0.962. The number of carbonyl (C=O) groups is 3. The van der Waals surface area contributed by atoms with Gasteiger partial charge in [0.05, 0.1) is 0 Å². The zero-order valence-corrected chi connectivity index (χ0v) is 7.57. The minimum absolute atomic E-state index is 0.0326. The Kier molecular flexibility index (Phi) is 2.46. The van der Waals surface area contributed by atoms with Gasteiger partial charge in [0, 0.05) is 13.0 Å². The second kappa shape index (κ2) is 3.22. The van der Waals surface area contributed by atoms with Crippen LogP contribution in [0.4, 0.5) is 4.79 Å². The summed E-state index contributed by atoms with van der Waals surface area (Å²) in [4.78, 5) is 32.0. The van der Waals surface area contributed by atoms with Gasteiger partial charge in [-0.15, -0.1) is 0 Å². The van der Waals surface area contributed by atoms with Gasteiger partial charge in [-0.25, -0.2) is 9.69 Å². The maximum Gasteiger partial charge on any atom is 0.414 e. The van der Waals surface area contributed by atoms with Crippen molar-refractivity contribution in [2.75, 3.05) is 6.54 Å². The molecule has 12 heavy (non-hydrogen) atoms. The fraction of sp³-hybridized carbons (Fsp3) is 0.500. The van der Waals surface area contributed by atoms with Crippen LogP contribution in [0, 0.1) is 0 Å². The third-order valence-corrected chi connectivity index (χ3v) is 2.48. The quantitative estimate of drug-likeness (QED) is 0.482. The van der Waals surface area contributed by atoms with E-state index in [2.05, 4.69) is 15.9 Å². The molecule has 1 N–H and O–H groups in total. The van der Waals surface area contributed by atoms with Gasteiger partial charge in [0.2, 0.25) is 0 Å². The van der Waals surface area contributed by atoms with E-state index in [1.807, 2.05) is 0 Å². The molecule has 0 bridgehead atoms. The van der Waals surface area contributed by atoms with Crippen molar-refractivity contribution in [3.8, 4) is 0 Å². The summed E-state index contributed by atoms with van der Waals surface area (Å²) in [7, 11) is 0. The van der Waals surface area contributed by atoms with Crippen molar-refractivity contribution in [3.63, 3.8) is 0 Å². The number of imide groups is 1. The zero-order valence-electron chi connectivity index (χ0n) is 5.99. The molecule has 1 heterocycles. The van der Waals surface area contributed by atoms with Crippen molar-refractivity contribution in [1.82, 2.24) is 4.90 Å². The molecule has 1 aliphatic heterocycles. The van der Waals surface area contributed by atoms with Gasteiger partial charge in [-0.2, -0.15) is 0 Å². The van der Waals surface area contributed by atoms with Gasteiger partial charge in [-0.3, -0.25) is 9.59 Å². The highest BCUT2D eigenvalue weighted by atomic mass is 79.9. The van der Waals surface area contributed by atoms with Crippen LogP contribution in [-0.4, -0.2) is 39.2 Å². The van der Waals surface area contributed by atoms with Crippen LogP contribution in [0.2, 0.25) is 0 Å². The third-order valence-electron chi connectivity index (χ3n) is 1.58. The highest BCUT2D eigenvalue weighted by molar-refractivity contribution is 9.10. The van der Waals surface area contributed by atoms with E-state index >= 15 is 0 Å². The summed E-state index contributed by atoms with van der Waals surface area (Å²) in [6.07, 6.45) is -1.22. The van der Waals surface area contributed by atoms with Gasteiger partial charge < -0.3 is 5.11 Å². The standard InChI is InChI=1S/C6H6BrNO4/c7-4-3(9)1-2-8(5(4)10)6(11)12/h4H,1-2H2,(H,11,12). The van der Waals surface area contributed by atoms with E-state index in [-0.39, 0.29) is 18.7 Å². The molecular formula is C6H6BrNO4. The number of Topliss-reactive ketones (excluding diaryl/α,β-unsaturated/α-hetero) is 1. The number of likely N-dealkylation sites (tertiary alicyclic amines) is 1. The van der Waals surface area contributed by atoms with E-state index in [0.29, 0.717) is 4.90 Å². The van der Waals surface area contributed by atoms with Crippen LogP contribution in [0.1, 0.15) is 6.42 Å². The zero-order chi connectivity index (χ0) is 9.30. The summed E-state index contributed by atoms with van der Waals surface area (Å²) in [5.41, 5.74) is 0. The van der Waals surface area contributed by atoms with Crippen LogP contribution in [0.3, 0.4) is 0 Å². The molecule has 1 unspecified atom stereocenters. The minimum Gasteiger partial charge on any atom is -0.465 e. The molecule has 1 aliphatic rings. The summed E-state index contributed by atoms with van der Waals surface area (Å²) in [5, 5.41) is 8.49. The summed E-state index contributed by atoms with van der Waals surface area (Å²) >= 11 is 2.82. The number of carbonyl (C=O) groups excluding carboxylic acids is 2. The van der Waals surface area contributed by atoms with Crippen molar-refractivity contribution in [2.24, 2.45) is 0 Å². The summed E-state index contributed by atoms with van der Waals surface area (Å²) < 4.78 is 0. The first-order valence-electron chi connectivity index (χ1n) is 3.25. The third kappa shape index (κ3) is 1.47. The van der Waals surface area contributed by atoms with E-state index in [1.165, 1.54) is 0 Å². The number of hydrogen-bond donors (Lipinski definition) is 1. The highest BCUT2D eigenvalue weighted by Gasteiger charge is 2.36. The molecule has 0 aliphatic carbocycles. The number of halogens is 1. The van der Waals surface area contributed by atoms with E-state index in [0.717, 1.165) is 0 Å². The number of piperidine rings is 1. The fourth-order valence-corrected chi connectivity index (χ4v) is 1.40. The first kappa shape index (κ1) is 9.18. The van der Waals surface area contributed by atoms with E-state index in [9.17, 15) is 14.4 Å². The maximum atomic E-state index is 11.1.